The van der Waals surface area contributed by atoms with Gasteiger partial charge in [-0.15, -0.1) is 0 Å². The van der Waals surface area contributed by atoms with Gasteiger partial charge in [-0.1, -0.05) is 17.3 Å². The number of hydrogen-bond acceptors (Lipinski definition) is 9. The lowest BCUT2D eigenvalue weighted by Gasteiger charge is -2.37. The van der Waals surface area contributed by atoms with Crippen molar-refractivity contribution >= 4 is 23.2 Å². The molecule has 1 saturated heterocycles. The number of fused-ring (bicyclic) bond motifs is 1. The first-order chi connectivity index (χ1) is 18.4. The summed E-state index contributed by atoms with van der Waals surface area (Å²) < 4.78 is 16.2. The zero-order chi connectivity index (χ0) is 26.2. The zero-order valence-electron chi connectivity index (χ0n) is 21.3. The van der Waals surface area contributed by atoms with Gasteiger partial charge in [-0.25, -0.2) is 5.01 Å². The van der Waals surface area contributed by atoms with Crippen LogP contribution in [-0.2, 0) is 9.59 Å². The highest BCUT2D eigenvalue weighted by Gasteiger charge is 2.29. The van der Waals surface area contributed by atoms with Crippen LogP contribution in [0.5, 0.6) is 11.5 Å². The van der Waals surface area contributed by atoms with E-state index in [9.17, 15) is 9.59 Å². The summed E-state index contributed by atoms with van der Waals surface area (Å²) in [6.45, 7) is 6.91. The number of aromatic nitrogens is 2. The molecule has 6 rings (SSSR count). The van der Waals surface area contributed by atoms with E-state index in [1.165, 1.54) is 21.8 Å². The molecule has 3 aromatic rings. The van der Waals surface area contributed by atoms with Crippen LogP contribution in [0.25, 0.3) is 11.4 Å². The smallest absolute Gasteiger partial charge is 0.274 e. The lowest BCUT2D eigenvalue weighted by atomic mass is 10.1. The molecule has 0 N–H and O–H groups in total. The largest absolute Gasteiger partial charge is 0.454 e. The van der Waals surface area contributed by atoms with Crippen molar-refractivity contribution in [3.05, 3.63) is 53.4 Å². The summed E-state index contributed by atoms with van der Waals surface area (Å²) in [6.07, 6.45) is 0.578. The van der Waals surface area contributed by atoms with E-state index in [1.807, 2.05) is 6.07 Å². The molecule has 11 heteroatoms. The van der Waals surface area contributed by atoms with Crippen LogP contribution in [0.4, 0.5) is 5.69 Å². The summed E-state index contributed by atoms with van der Waals surface area (Å²) in [7, 11) is 0. The highest BCUT2D eigenvalue weighted by Crippen LogP contribution is 2.35. The third-order valence-corrected chi connectivity index (χ3v) is 7.03. The first-order valence-corrected chi connectivity index (χ1v) is 12.7. The Labute approximate surface area is 219 Å². The minimum absolute atomic E-state index is 0.116. The second-order valence-electron chi connectivity index (χ2n) is 9.65. The summed E-state index contributed by atoms with van der Waals surface area (Å²) in [6, 6.07) is 11.8. The molecule has 38 heavy (non-hydrogen) atoms. The van der Waals surface area contributed by atoms with Gasteiger partial charge in [0.25, 0.3) is 5.89 Å². The monoisotopic (exact) mass is 516 g/mol. The zero-order valence-corrected chi connectivity index (χ0v) is 21.3. The Kier molecular flexibility index (Phi) is 6.18. The number of amides is 2. The van der Waals surface area contributed by atoms with Crippen LogP contribution in [0.15, 0.2) is 46.0 Å². The van der Waals surface area contributed by atoms with Crippen molar-refractivity contribution < 1.29 is 23.6 Å². The fourth-order valence-corrected chi connectivity index (χ4v) is 4.86. The normalized spacial score (nSPS) is 17.2. The molecular weight excluding hydrogens is 488 g/mol. The van der Waals surface area contributed by atoms with Gasteiger partial charge in [-0.2, -0.15) is 10.1 Å². The van der Waals surface area contributed by atoms with E-state index in [0.717, 1.165) is 13.1 Å². The average Bonchev–Trinajstić information content (AvgIpc) is 3.61. The van der Waals surface area contributed by atoms with E-state index < -0.39 is 0 Å². The van der Waals surface area contributed by atoms with Crippen molar-refractivity contribution in [3.63, 3.8) is 0 Å². The number of piperazine rings is 1. The molecule has 2 amide bonds. The molecule has 0 aliphatic carbocycles. The van der Waals surface area contributed by atoms with Crippen LogP contribution in [0.3, 0.4) is 0 Å². The number of carbonyl (C=O) groups excluding carboxylic acids is 2. The van der Waals surface area contributed by atoms with Crippen molar-refractivity contribution in [3.8, 4) is 22.9 Å². The molecule has 196 valence electrons. The van der Waals surface area contributed by atoms with Gasteiger partial charge >= 0.3 is 0 Å². The van der Waals surface area contributed by atoms with Gasteiger partial charge < -0.3 is 23.8 Å². The molecule has 0 spiro atoms. The number of hydrazone groups is 1. The van der Waals surface area contributed by atoms with Crippen LogP contribution < -0.4 is 14.4 Å². The second kappa shape index (κ2) is 9.81. The summed E-state index contributed by atoms with van der Waals surface area (Å²) >= 11 is 0. The van der Waals surface area contributed by atoms with Crippen molar-refractivity contribution in [1.29, 1.82) is 0 Å². The average molecular weight is 517 g/mol. The summed E-state index contributed by atoms with van der Waals surface area (Å²) in [5, 5.41) is 9.71. The van der Waals surface area contributed by atoms with Crippen molar-refractivity contribution in [2.45, 2.75) is 26.7 Å². The number of ether oxygens (including phenoxy) is 2. The number of aryl methyl sites for hydroxylation is 2. The van der Waals surface area contributed by atoms with Gasteiger partial charge in [-0.05, 0) is 49.2 Å². The van der Waals surface area contributed by atoms with Gasteiger partial charge in [0.1, 0.15) is 12.3 Å². The first-order valence-electron chi connectivity index (χ1n) is 12.7. The molecule has 3 aliphatic rings. The fourth-order valence-electron chi connectivity index (χ4n) is 4.86. The Morgan fingerprint density at radius 1 is 0.974 bits per heavy atom. The fraction of sp³-hybridized carbons (Fsp3) is 0.370. The quantitative estimate of drug-likeness (QED) is 0.509. The van der Waals surface area contributed by atoms with Crippen molar-refractivity contribution in [1.82, 2.24) is 20.0 Å². The minimum Gasteiger partial charge on any atom is -0.454 e. The molecule has 0 saturated carbocycles. The Balaban J connectivity index is 1.11. The van der Waals surface area contributed by atoms with Crippen LogP contribution in [-0.4, -0.2) is 77.1 Å². The third kappa shape index (κ3) is 4.67. The number of anilines is 1. The molecule has 4 heterocycles. The van der Waals surface area contributed by atoms with Crippen LogP contribution in [0.1, 0.15) is 29.9 Å². The summed E-state index contributed by atoms with van der Waals surface area (Å²) in [5.41, 5.74) is 4.84. The minimum atomic E-state index is -0.202. The third-order valence-electron chi connectivity index (χ3n) is 7.03. The lowest BCUT2D eigenvalue weighted by Crippen LogP contribution is -2.51. The Bertz CT molecular complexity index is 1430. The molecule has 3 aliphatic heterocycles. The van der Waals surface area contributed by atoms with Gasteiger partial charge in [0.05, 0.1) is 0 Å². The molecular formula is C27H28N6O5. The standard InChI is InChI=1S/C27H28N6O5/c1-17-3-4-18(2)21(13-17)31-9-11-32(12-10-31)25(35)15-33-24(34)8-6-20(29-33)27-28-26(30-38-27)19-5-7-22-23(14-19)37-16-36-22/h3-5,7,13-14H,6,8-12,15-16H2,1-2H3. The van der Waals surface area contributed by atoms with Crippen LogP contribution in [0.2, 0.25) is 0 Å². The van der Waals surface area contributed by atoms with Gasteiger partial charge in [0.2, 0.25) is 24.4 Å². The van der Waals surface area contributed by atoms with Gasteiger partial charge in [0, 0.05) is 50.3 Å². The SMILES string of the molecule is Cc1ccc(C)c(N2CCN(C(=O)CN3N=C(c4nc(-c5ccc6c(c5)OCO6)no4)CCC3=O)CC2)c1. The maximum atomic E-state index is 13.1. The molecule has 11 nitrogen and oxygen atoms in total. The number of benzene rings is 2. The number of hydrogen-bond donors (Lipinski definition) is 0. The van der Waals surface area contributed by atoms with E-state index in [2.05, 4.69) is 52.2 Å². The Morgan fingerprint density at radius 2 is 1.79 bits per heavy atom. The summed E-state index contributed by atoms with van der Waals surface area (Å²) in [5.74, 6) is 1.56. The number of rotatable bonds is 5. The first kappa shape index (κ1) is 24.0. The lowest BCUT2D eigenvalue weighted by molar-refractivity contribution is -0.141. The number of nitrogens with zero attached hydrogens (tertiary/aromatic N) is 6. The predicted octanol–water partition coefficient (Wildman–Crippen LogP) is 2.76. The highest BCUT2D eigenvalue weighted by molar-refractivity contribution is 6.01. The number of carbonyl (C=O) groups is 2. The van der Waals surface area contributed by atoms with Crippen LogP contribution >= 0.6 is 0 Å². The Morgan fingerprint density at radius 3 is 2.63 bits per heavy atom. The predicted molar refractivity (Wildman–Crippen MR) is 138 cm³/mol. The molecule has 2 aromatic carbocycles. The summed E-state index contributed by atoms with van der Waals surface area (Å²) in [4.78, 5) is 34.2. The van der Waals surface area contributed by atoms with E-state index >= 15 is 0 Å². The molecule has 0 radical (unpaired) electrons. The molecule has 0 bridgehead atoms. The molecule has 0 unspecified atom stereocenters. The molecule has 0 atom stereocenters. The van der Waals surface area contributed by atoms with E-state index in [-0.39, 0.29) is 37.5 Å². The molecule has 1 fully saturated rings. The van der Waals surface area contributed by atoms with E-state index in [1.54, 1.807) is 17.0 Å². The maximum absolute atomic E-state index is 13.1. The topological polar surface area (TPSA) is 114 Å². The Hall–Kier alpha value is -4.41. The van der Waals surface area contributed by atoms with Crippen LogP contribution in [0, 0.1) is 13.8 Å². The van der Waals surface area contributed by atoms with Gasteiger partial charge in [0.15, 0.2) is 11.5 Å². The van der Waals surface area contributed by atoms with Crippen molar-refractivity contribution in [2.75, 3.05) is 44.4 Å². The molecule has 1 aromatic heterocycles. The van der Waals surface area contributed by atoms with E-state index in [0.29, 0.717) is 48.1 Å². The van der Waals surface area contributed by atoms with Crippen molar-refractivity contribution in [2.24, 2.45) is 5.10 Å². The van der Waals surface area contributed by atoms with E-state index in [4.69, 9.17) is 14.0 Å². The highest BCUT2D eigenvalue weighted by atomic mass is 16.7. The maximum Gasteiger partial charge on any atom is 0.274 e. The second-order valence-corrected chi connectivity index (χ2v) is 9.65. The van der Waals surface area contributed by atoms with Gasteiger partial charge in [-0.3, -0.25) is 9.59 Å².